The highest BCUT2D eigenvalue weighted by Gasteiger charge is 2.08. The summed E-state index contributed by atoms with van der Waals surface area (Å²) in [5.74, 6) is 1.21. The van der Waals surface area contributed by atoms with Crippen LogP contribution in [0, 0.1) is 0 Å². The van der Waals surface area contributed by atoms with Crippen LogP contribution in [0.25, 0.3) is 0 Å². The normalized spacial score (nSPS) is 10.7. The van der Waals surface area contributed by atoms with Crippen LogP contribution < -0.4 is 25.9 Å². The predicted molar refractivity (Wildman–Crippen MR) is 115 cm³/mol. The van der Waals surface area contributed by atoms with Crippen molar-refractivity contribution < 1.29 is 14.3 Å². The van der Waals surface area contributed by atoms with E-state index in [0.29, 0.717) is 29.0 Å². The van der Waals surface area contributed by atoms with Gasteiger partial charge in [-0.25, -0.2) is 4.98 Å². The maximum atomic E-state index is 12.0. The summed E-state index contributed by atoms with van der Waals surface area (Å²) >= 11 is 1.36. The summed E-state index contributed by atoms with van der Waals surface area (Å²) in [4.78, 5) is 16.1. The number of nitrogens with zero attached hydrogens (tertiary/aromatic N) is 2. The molecule has 0 unspecified atom stereocenters. The first-order valence-corrected chi connectivity index (χ1v) is 9.63. The van der Waals surface area contributed by atoms with Crippen LogP contribution in [-0.2, 0) is 11.3 Å². The standard InChI is InChI=1S/C20H21N5O3S/c1-27-17-9-15(11-23-25-20-24-18(21)13-29-20)7-8-16(17)28-12-19(26)22-10-14-5-3-2-4-6-14/h2-9,11,13H,10,12,21H2,1H3,(H,22,26)(H,24,25). The molecule has 1 heterocycles. The van der Waals surface area contributed by atoms with E-state index in [9.17, 15) is 4.79 Å². The van der Waals surface area contributed by atoms with Crippen molar-refractivity contribution in [2.24, 2.45) is 5.10 Å². The number of nitrogen functional groups attached to an aromatic ring is 1. The number of nitrogens with one attached hydrogen (secondary N) is 2. The third-order valence-electron chi connectivity index (χ3n) is 3.77. The Hall–Kier alpha value is -3.59. The highest BCUT2D eigenvalue weighted by Crippen LogP contribution is 2.27. The number of hydrazone groups is 1. The molecule has 3 aromatic rings. The fraction of sp³-hybridized carbons (Fsp3) is 0.150. The van der Waals surface area contributed by atoms with Gasteiger partial charge < -0.3 is 20.5 Å². The van der Waals surface area contributed by atoms with E-state index in [4.69, 9.17) is 15.2 Å². The molecule has 0 saturated carbocycles. The minimum atomic E-state index is -0.214. The number of anilines is 2. The van der Waals surface area contributed by atoms with Crippen molar-refractivity contribution in [1.82, 2.24) is 10.3 Å². The SMILES string of the molecule is COc1cc(C=NNc2nc(N)cs2)ccc1OCC(=O)NCc1ccccc1. The van der Waals surface area contributed by atoms with E-state index >= 15 is 0 Å². The number of amides is 1. The minimum Gasteiger partial charge on any atom is -0.493 e. The fourth-order valence-corrected chi connectivity index (χ4v) is 2.92. The molecule has 9 heteroatoms. The molecule has 1 aromatic heterocycles. The monoisotopic (exact) mass is 411 g/mol. The molecular formula is C20H21N5O3S. The number of nitrogens with two attached hydrogens (primary N) is 1. The van der Waals surface area contributed by atoms with Crippen LogP contribution in [0.5, 0.6) is 11.5 Å². The van der Waals surface area contributed by atoms with Crippen molar-refractivity contribution >= 4 is 34.4 Å². The molecule has 4 N–H and O–H groups in total. The van der Waals surface area contributed by atoms with Gasteiger partial charge in [-0.15, -0.1) is 11.3 Å². The second-order valence-corrected chi connectivity index (χ2v) is 6.77. The van der Waals surface area contributed by atoms with Crippen LogP contribution in [0.2, 0.25) is 0 Å². The Labute approximate surface area is 172 Å². The van der Waals surface area contributed by atoms with Crippen molar-refractivity contribution in [3.8, 4) is 11.5 Å². The van der Waals surface area contributed by atoms with Gasteiger partial charge in [0, 0.05) is 11.9 Å². The maximum absolute atomic E-state index is 12.0. The molecule has 1 amide bonds. The van der Waals surface area contributed by atoms with Gasteiger partial charge in [0.2, 0.25) is 5.13 Å². The number of ether oxygens (including phenoxy) is 2. The molecule has 0 fully saturated rings. The number of carbonyl (C=O) groups excluding carboxylic acids is 1. The Morgan fingerprint density at radius 3 is 2.79 bits per heavy atom. The Balaban J connectivity index is 1.52. The van der Waals surface area contributed by atoms with Crippen molar-refractivity contribution in [3.05, 3.63) is 65.0 Å². The lowest BCUT2D eigenvalue weighted by molar-refractivity contribution is -0.123. The van der Waals surface area contributed by atoms with Gasteiger partial charge in [0.1, 0.15) is 5.82 Å². The highest BCUT2D eigenvalue weighted by atomic mass is 32.1. The average molecular weight is 411 g/mol. The number of benzene rings is 2. The zero-order valence-corrected chi connectivity index (χ0v) is 16.6. The molecule has 0 spiro atoms. The predicted octanol–water partition coefficient (Wildman–Crippen LogP) is 2.88. The van der Waals surface area contributed by atoms with Gasteiger partial charge in [-0.05, 0) is 29.3 Å². The van der Waals surface area contributed by atoms with Crippen molar-refractivity contribution in [2.75, 3.05) is 24.9 Å². The molecule has 3 rings (SSSR count). The van der Waals surface area contributed by atoms with Crippen LogP contribution in [-0.4, -0.2) is 30.8 Å². The summed E-state index contributed by atoms with van der Waals surface area (Å²) in [7, 11) is 1.54. The van der Waals surface area contributed by atoms with E-state index in [2.05, 4.69) is 20.8 Å². The van der Waals surface area contributed by atoms with Gasteiger partial charge in [-0.3, -0.25) is 10.2 Å². The Kier molecular flexibility index (Phi) is 7.01. The number of methoxy groups -OCH3 is 1. The highest BCUT2D eigenvalue weighted by molar-refractivity contribution is 7.14. The lowest BCUT2D eigenvalue weighted by Crippen LogP contribution is -2.28. The number of carbonyl (C=O) groups is 1. The van der Waals surface area contributed by atoms with Gasteiger partial charge in [-0.1, -0.05) is 30.3 Å². The average Bonchev–Trinajstić information content (AvgIpc) is 3.16. The Morgan fingerprint density at radius 2 is 2.07 bits per heavy atom. The molecule has 2 aromatic carbocycles. The zero-order chi connectivity index (χ0) is 20.5. The smallest absolute Gasteiger partial charge is 0.258 e. The number of rotatable bonds is 9. The molecule has 29 heavy (non-hydrogen) atoms. The fourth-order valence-electron chi connectivity index (χ4n) is 2.37. The van der Waals surface area contributed by atoms with E-state index < -0.39 is 0 Å². The maximum Gasteiger partial charge on any atom is 0.258 e. The van der Waals surface area contributed by atoms with Crippen LogP contribution in [0.1, 0.15) is 11.1 Å². The van der Waals surface area contributed by atoms with E-state index in [-0.39, 0.29) is 12.5 Å². The second-order valence-electron chi connectivity index (χ2n) is 5.91. The number of hydrogen-bond acceptors (Lipinski definition) is 8. The first-order chi connectivity index (χ1) is 14.1. The molecule has 8 nitrogen and oxygen atoms in total. The summed E-state index contributed by atoms with van der Waals surface area (Å²) in [6.45, 7) is 0.344. The largest absolute Gasteiger partial charge is 0.493 e. The van der Waals surface area contributed by atoms with Crippen molar-refractivity contribution in [1.29, 1.82) is 0 Å². The molecule has 0 radical (unpaired) electrons. The van der Waals surface area contributed by atoms with E-state index in [1.54, 1.807) is 29.8 Å². The van der Waals surface area contributed by atoms with Crippen LogP contribution in [0.15, 0.2) is 59.0 Å². The lowest BCUT2D eigenvalue weighted by Gasteiger charge is -2.11. The third kappa shape index (κ3) is 6.22. The Bertz CT molecular complexity index is 975. The van der Waals surface area contributed by atoms with Gasteiger partial charge in [0.05, 0.1) is 13.3 Å². The third-order valence-corrected chi connectivity index (χ3v) is 4.54. The summed E-state index contributed by atoms with van der Waals surface area (Å²) in [5.41, 5.74) is 10.2. The van der Waals surface area contributed by atoms with E-state index in [1.807, 2.05) is 30.3 Å². The molecule has 0 saturated heterocycles. The van der Waals surface area contributed by atoms with E-state index in [1.165, 1.54) is 18.4 Å². The molecule has 0 atom stereocenters. The first-order valence-electron chi connectivity index (χ1n) is 8.75. The summed E-state index contributed by atoms with van der Waals surface area (Å²) in [5, 5.41) is 9.26. The minimum absolute atomic E-state index is 0.107. The molecule has 0 aliphatic heterocycles. The van der Waals surface area contributed by atoms with Crippen LogP contribution in [0.3, 0.4) is 0 Å². The summed E-state index contributed by atoms with van der Waals surface area (Å²) in [6, 6.07) is 15.0. The number of hydrogen-bond donors (Lipinski definition) is 3. The number of thiazole rings is 1. The van der Waals surface area contributed by atoms with Crippen molar-refractivity contribution in [3.63, 3.8) is 0 Å². The molecule has 0 aliphatic rings. The lowest BCUT2D eigenvalue weighted by atomic mass is 10.2. The molecule has 0 bridgehead atoms. The first kappa shape index (κ1) is 20.2. The summed E-state index contributed by atoms with van der Waals surface area (Å²) in [6.07, 6.45) is 1.62. The van der Waals surface area contributed by atoms with Gasteiger partial charge in [0.25, 0.3) is 5.91 Å². The molecular weight excluding hydrogens is 390 g/mol. The van der Waals surface area contributed by atoms with Crippen LogP contribution >= 0.6 is 11.3 Å². The quantitative estimate of drug-likeness (QED) is 0.369. The zero-order valence-electron chi connectivity index (χ0n) is 15.8. The van der Waals surface area contributed by atoms with Gasteiger partial charge in [-0.2, -0.15) is 5.10 Å². The second kappa shape index (κ2) is 10.1. The molecule has 0 aliphatic carbocycles. The van der Waals surface area contributed by atoms with E-state index in [0.717, 1.165) is 11.1 Å². The van der Waals surface area contributed by atoms with Crippen LogP contribution in [0.4, 0.5) is 10.9 Å². The Morgan fingerprint density at radius 1 is 1.24 bits per heavy atom. The van der Waals surface area contributed by atoms with Gasteiger partial charge >= 0.3 is 0 Å². The summed E-state index contributed by atoms with van der Waals surface area (Å²) < 4.78 is 10.9. The van der Waals surface area contributed by atoms with Gasteiger partial charge in [0.15, 0.2) is 18.1 Å². The molecule has 150 valence electrons. The number of aromatic nitrogens is 1. The van der Waals surface area contributed by atoms with Crippen molar-refractivity contribution in [2.45, 2.75) is 6.54 Å². The topological polar surface area (TPSA) is 111 Å².